The number of nitrogens with zero attached hydrogens (tertiary/aromatic N) is 2. The van der Waals surface area contributed by atoms with Gasteiger partial charge in [-0.2, -0.15) is 10.5 Å². The number of benzene rings is 1. The minimum atomic E-state index is -0.570. The standard InChI is InChI=1S/C22H27IN2/c1-3-16-10-19(20(13-23)11-17(16)4-2)12-22(21(14-24)15-25)18-8-6-5-7-9-18/h5-9,19-22H,3-4,10-13H2,1-2H3. The molecule has 1 aromatic rings. The largest absolute Gasteiger partial charge is 0.197 e. The summed E-state index contributed by atoms with van der Waals surface area (Å²) in [5.41, 5.74) is 4.39. The topological polar surface area (TPSA) is 47.6 Å². The van der Waals surface area contributed by atoms with Gasteiger partial charge in [0.05, 0.1) is 12.1 Å². The Kier molecular flexibility index (Phi) is 7.97. The fourth-order valence-electron chi connectivity index (χ4n) is 4.20. The van der Waals surface area contributed by atoms with Crippen LogP contribution in [-0.2, 0) is 0 Å². The van der Waals surface area contributed by atoms with Crippen molar-refractivity contribution in [3.05, 3.63) is 47.0 Å². The van der Waals surface area contributed by atoms with E-state index >= 15 is 0 Å². The maximum Gasteiger partial charge on any atom is 0.140 e. The molecule has 2 nitrogen and oxygen atoms in total. The summed E-state index contributed by atoms with van der Waals surface area (Å²) in [6.07, 6.45) is 5.55. The molecule has 3 atom stereocenters. The van der Waals surface area contributed by atoms with Crippen LogP contribution in [-0.4, -0.2) is 4.43 Å². The molecule has 0 radical (unpaired) electrons. The molecule has 0 bridgehead atoms. The molecule has 1 aliphatic rings. The van der Waals surface area contributed by atoms with Crippen LogP contribution in [0.5, 0.6) is 0 Å². The van der Waals surface area contributed by atoms with Gasteiger partial charge in [-0.25, -0.2) is 0 Å². The van der Waals surface area contributed by atoms with Crippen LogP contribution in [0.15, 0.2) is 41.5 Å². The molecule has 0 spiro atoms. The van der Waals surface area contributed by atoms with Gasteiger partial charge in [0.25, 0.3) is 0 Å². The van der Waals surface area contributed by atoms with E-state index in [4.69, 9.17) is 0 Å². The first-order chi connectivity index (χ1) is 12.2. The van der Waals surface area contributed by atoms with Gasteiger partial charge in [0, 0.05) is 10.3 Å². The van der Waals surface area contributed by atoms with Gasteiger partial charge in [0.15, 0.2) is 0 Å². The average Bonchev–Trinajstić information content (AvgIpc) is 2.68. The Bertz CT molecular complexity index is 652. The predicted octanol–water partition coefficient (Wildman–Crippen LogP) is 6.40. The van der Waals surface area contributed by atoms with Crippen molar-refractivity contribution in [2.45, 2.75) is 51.9 Å². The fourth-order valence-corrected chi connectivity index (χ4v) is 5.23. The van der Waals surface area contributed by atoms with E-state index in [1.165, 1.54) is 6.42 Å². The summed E-state index contributed by atoms with van der Waals surface area (Å²) in [4.78, 5) is 0. The van der Waals surface area contributed by atoms with Crippen molar-refractivity contribution in [3.63, 3.8) is 0 Å². The van der Waals surface area contributed by atoms with Crippen molar-refractivity contribution < 1.29 is 0 Å². The van der Waals surface area contributed by atoms with E-state index in [2.05, 4.69) is 60.7 Å². The molecule has 3 unspecified atom stereocenters. The van der Waals surface area contributed by atoms with Crippen LogP contribution in [0.3, 0.4) is 0 Å². The van der Waals surface area contributed by atoms with Crippen LogP contribution in [0.2, 0.25) is 0 Å². The average molecular weight is 446 g/mol. The molecule has 0 fully saturated rings. The summed E-state index contributed by atoms with van der Waals surface area (Å²) in [5, 5.41) is 19.0. The molecule has 1 aliphatic carbocycles. The molecule has 1 aromatic carbocycles. The lowest BCUT2D eigenvalue weighted by Crippen LogP contribution is -2.26. The summed E-state index contributed by atoms with van der Waals surface area (Å²) in [7, 11) is 0. The molecule has 0 amide bonds. The lowest BCUT2D eigenvalue weighted by atomic mass is 9.69. The maximum atomic E-state index is 9.51. The number of nitriles is 2. The Morgan fingerprint density at radius 2 is 1.56 bits per heavy atom. The van der Waals surface area contributed by atoms with E-state index in [1.807, 2.05) is 18.2 Å². The monoisotopic (exact) mass is 446 g/mol. The van der Waals surface area contributed by atoms with Gasteiger partial charge >= 0.3 is 0 Å². The zero-order valence-electron chi connectivity index (χ0n) is 15.2. The van der Waals surface area contributed by atoms with Gasteiger partial charge < -0.3 is 0 Å². The number of alkyl halides is 1. The predicted molar refractivity (Wildman–Crippen MR) is 111 cm³/mol. The highest BCUT2D eigenvalue weighted by molar-refractivity contribution is 14.1. The maximum absolute atomic E-state index is 9.51. The van der Waals surface area contributed by atoms with Gasteiger partial charge in [-0.1, -0.05) is 77.9 Å². The molecule has 0 N–H and O–H groups in total. The molecule has 3 heteroatoms. The zero-order valence-corrected chi connectivity index (χ0v) is 17.4. The highest BCUT2D eigenvalue weighted by Gasteiger charge is 2.33. The highest BCUT2D eigenvalue weighted by Crippen LogP contribution is 2.43. The van der Waals surface area contributed by atoms with Crippen LogP contribution in [0, 0.1) is 40.4 Å². The molecule has 0 saturated carbocycles. The number of hydrogen-bond acceptors (Lipinski definition) is 2. The summed E-state index contributed by atoms with van der Waals surface area (Å²) >= 11 is 2.51. The normalized spacial score (nSPS) is 21.7. The van der Waals surface area contributed by atoms with Crippen molar-refractivity contribution in [2.24, 2.45) is 17.8 Å². The first kappa shape index (κ1) is 20.0. The first-order valence-electron chi connectivity index (χ1n) is 9.28. The number of hydrogen-bond donors (Lipinski definition) is 0. The summed E-state index contributed by atoms with van der Waals surface area (Å²) in [6, 6.07) is 14.6. The number of allylic oxidation sites excluding steroid dienone is 2. The van der Waals surface area contributed by atoms with E-state index in [1.54, 1.807) is 11.1 Å². The van der Waals surface area contributed by atoms with E-state index in [0.717, 1.165) is 35.7 Å². The molecular weight excluding hydrogens is 419 g/mol. The Morgan fingerprint density at radius 3 is 2.04 bits per heavy atom. The fraction of sp³-hybridized carbons (Fsp3) is 0.545. The Balaban J connectivity index is 2.30. The van der Waals surface area contributed by atoms with Gasteiger partial charge in [-0.15, -0.1) is 0 Å². The van der Waals surface area contributed by atoms with Crippen molar-refractivity contribution in [2.75, 3.05) is 4.43 Å². The van der Waals surface area contributed by atoms with Crippen LogP contribution in [0.4, 0.5) is 0 Å². The van der Waals surface area contributed by atoms with Crippen molar-refractivity contribution in [3.8, 4) is 12.1 Å². The second-order valence-electron chi connectivity index (χ2n) is 6.99. The Hall–Kier alpha value is -1.33. The first-order valence-corrected chi connectivity index (χ1v) is 10.8. The molecule has 0 saturated heterocycles. The van der Waals surface area contributed by atoms with Gasteiger partial charge in [0.1, 0.15) is 5.92 Å². The van der Waals surface area contributed by atoms with Crippen molar-refractivity contribution in [1.29, 1.82) is 10.5 Å². The number of rotatable bonds is 7. The molecule has 2 rings (SSSR count). The molecule has 0 aliphatic heterocycles. The SMILES string of the molecule is CCC1=C(CC)CC(CC(c2ccccc2)C(C#N)C#N)C(CI)C1. The van der Waals surface area contributed by atoms with Gasteiger partial charge in [0.2, 0.25) is 0 Å². The quantitative estimate of drug-likeness (QED) is 0.276. The van der Waals surface area contributed by atoms with Gasteiger partial charge in [-0.05, 0) is 49.5 Å². The molecule has 0 heterocycles. The third-order valence-electron chi connectivity index (χ3n) is 5.70. The van der Waals surface area contributed by atoms with Crippen LogP contribution < -0.4 is 0 Å². The second-order valence-corrected chi connectivity index (χ2v) is 7.87. The van der Waals surface area contributed by atoms with E-state index < -0.39 is 5.92 Å². The highest BCUT2D eigenvalue weighted by atomic mass is 127. The van der Waals surface area contributed by atoms with Crippen LogP contribution in [0.25, 0.3) is 0 Å². The molecule has 0 aromatic heterocycles. The number of halogens is 1. The summed E-state index contributed by atoms with van der Waals surface area (Å²) in [6.45, 7) is 4.53. The third-order valence-corrected chi connectivity index (χ3v) is 6.83. The molecule has 25 heavy (non-hydrogen) atoms. The summed E-state index contributed by atoms with van der Waals surface area (Å²) in [5.74, 6) is 0.665. The second kappa shape index (κ2) is 9.97. The van der Waals surface area contributed by atoms with E-state index in [9.17, 15) is 10.5 Å². The van der Waals surface area contributed by atoms with Crippen LogP contribution in [0.1, 0.15) is 57.4 Å². The van der Waals surface area contributed by atoms with E-state index in [-0.39, 0.29) is 5.92 Å². The smallest absolute Gasteiger partial charge is 0.140 e. The summed E-state index contributed by atoms with van der Waals surface area (Å²) < 4.78 is 1.15. The van der Waals surface area contributed by atoms with E-state index in [0.29, 0.717) is 11.8 Å². The molecule has 132 valence electrons. The van der Waals surface area contributed by atoms with Crippen molar-refractivity contribution in [1.82, 2.24) is 0 Å². The van der Waals surface area contributed by atoms with Crippen LogP contribution >= 0.6 is 22.6 Å². The third kappa shape index (κ3) is 4.85. The molecular formula is C22H27IN2. The van der Waals surface area contributed by atoms with Gasteiger partial charge in [-0.3, -0.25) is 0 Å². The minimum absolute atomic E-state index is 0.00735. The van der Waals surface area contributed by atoms with Crippen molar-refractivity contribution >= 4 is 22.6 Å². The lowest BCUT2D eigenvalue weighted by molar-refractivity contribution is 0.285. The minimum Gasteiger partial charge on any atom is -0.197 e. The Labute approximate surface area is 166 Å². The zero-order chi connectivity index (χ0) is 18.2. The lowest BCUT2D eigenvalue weighted by Gasteiger charge is -2.36. The Morgan fingerprint density at radius 1 is 1.00 bits per heavy atom.